The van der Waals surface area contributed by atoms with Crippen LogP contribution < -0.4 is 0 Å². The third kappa shape index (κ3) is 2.63. The highest BCUT2D eigenvalue weighted by molar-refractivity contribution is 7.89. The van der Waals surface area contributed by atoms with Crippen molar-refractivity contribution in [1.29, 1.82) is 0 Å². The van der Waals surface area contributed by atoms with E-state index in [1.54, 1.807) is 21.9 Å². The van der Waals surface area contributed by atoms with Crippen molar-refractivity contribution in [2.24, 2.45) is 0 Å². The molecule has 2 heterocycles. The molecule has 1 fully saturated rings. The SMILES string of the molecule is O=S(=O)(c1ccc(-c2cscn2)cc1)N1CCCCC1. The summed E-state index contributed by atoms with van der Waals surface area (Å²) in [6.07, 6.45) is 3.03. The Labute approximate surface area is 123 Å². The standard InChI is InChI=1S/C14H16N2O2S2/c17-20(18,16-8-2-1-3-9-16)13-6-4-12(5-7-13)14-10-19-11-15-14/h4-7,10-11H,1-3,8-9H2. The van der Waals surface area contributed by atoms with E-state index in [0.29, 0.717) is 18.0 Å². The Bertz CT molecular complexity index is 658. The molecule has 3 rings (SSSR count). The first-order chi connectivity index (χ1) is 9.68. The van der Waals surface area contributed by atoms with Crippen LogP contribution in [0.2, 0.25) is 0 Å². The molecule has 0 N–H and O–H groups in total. The van der Waals surface area contributed by atoms with Crippen LogP contribution in [-0.4, -0.2) is 30.8 Å². The van der Waals surface area contributed by atoms with E-state index in [9.17, 15) is 8.42 Å². The molecule has 6 heteroatoms. The Morgan fingerprint density at radius 1 is 1.05 bits per heavy atom. The molecule has 4 nitrogen and oxygen atoms in total. The second-order valence-corrected chi connectivity index (χ2v) is 7.52. The average molecular weight is 308 g/mol. The van der Waals surface area contributed by atoms with Crippen molar-refractivity contribution >= 4 is 21.4 Å². The maximum absolute atomic E-state index is 12.5. The number of aromatic nitrogens is 1. The first-order valence-corrected chi connectivity index (χ1v) is 9.05. The summed E-state index contributed by atoms with van der Waals surface area (Å²) >= 11 is 1.53. The molecule has 0 amide bonds. The maximum atomic E-state index is 12.5. The zero-order valence-electron chi connectivity index (χ0n) is 11.0. The molecule has 20 heavy (non-hydrogen) atoms. The molecule has 0 bridgehead atoms. The molecule has 106 valence electrons. The average Bonchev–Trinajstić information content (AvgIpc) is 3.02. The van der Waals surface area contributed by atoms with Crippen LogP contribution in [0.4, 0.5) is 0 Å². The minimum absolute atomic E-state index is 0.373. The van der Waals surface area contributed by atoms with Crippen LogP contribution in [-0.2, 0) is 10.0 Å². The Morgan fingerprint density at radius 3 is 2.35 bits per heavy atom. The molecule has 0 radical (unpaired) electrons. The summed E-state index contributed by atoms with van der Waals surface area (Å²) in [5.41, 5.74) is 3.61. The largest absolute Gasteiger partial charge is 0.245 e. The summed E-state index contributed by atoms with van der Waals surface area (Å²) in [7, 11) is -3.33. The van der Waals surface area contributed by atoms with E-state index in [2.05, 4.69) is 4.98 Å². The number of piperidine rings is 1. The molecule has 1 aliphatic heterocycles. The first-order valence-electron chi connectivity index (χ1n) is 6.67. The molecule has 1 saturated heterocycles. The van der Waals surface area contributed by atoms with Gasteiger partial charge in [-0.15, -0.1) is 11.3 Å². The predicted octanol–water partition coefficient (Wildman–Crippen LogP) is 2.98. The van der Waals surface area contributed by atoms with E-state index in [1.165, 1.54) is 11.3 Å². The molecular formula is C14H16N2O2S2. The Hall–Kier alpha value is -1.24. The number of hydrogen-bond donors (Lipinski definition) is 0. The Kier molecular flexibility index (Phi) is 3.87. The highest BCUT2D eigenvalue weighted by Gasteiger charge is 2.25. The van der Waals surface area contributed by atoms with Gasteiger partial charge in [0.05, 0.1) is 16.1 Å². The number of nitrogens with zero attached hydrogens (tertiary/aromatic N) is 2. The molecule has 1 aliphatic rings. The number of rotatable bonds is 3. The second-order valence-electron chi connectivity index (χ2n) is 4.86. The third-order valence-corrected chi connectivity index (χ3v) is 6.03. The zero-order valence-corrected chi connectivity index (χ0v) is 12.7. The predicted molar refractivity (Wildman–Crippen MR) is 80.2 cm³/mol. The van der Waals surface area contributed by atoms with Gasteiger partial charge in [0.15, 0.2) is 0 Å². The summed E-state index contributed by atoms with van der Waals surface area (Å²) in [5, 5.41) is 1.95. The Morgan fingerprint density at radius 2 is 1.75 bits per heavy atom. The topological polar surface area (TPSA) is 50.3 Å². The quantitative estimate of drug-likeness (QED) is 0.876. The van der Waals surface area contributed by atoms with Crippen molar-refractivity contribution < 1.29 is 8.42 Å². The fourth-order valence-corrected chi connectivity index (χ4v) is 4.49. The molecule has 0 aliphatic carbocycles. The van der Waals surface area contributed by atoms with Crippen molar-refractivity contribution in [1.82, 2.24) is 9.29 Å². The maximum Gasteiger partial charge on any atom is 0.243 e. The highest BCUT2D eigenvalue weighted by atomic mass is 32.2. The van der Waals surface area contributed by atoms with E-state index in [-0.39, 0.29) is 0 Å². The Balaban J connectivity index is 1.87. The van der Waals surface area contributed by atoms with E-state index < -0.39 is 10.0 Å². The van der Waals surface area contributed by atoms with Crippen LogP contribution in [0.1, 0.15) is 19.3 Å². The fraction of sp³-hybridized carbons (Fsp3) is 0.357. The van der Waals surface area contributed by atoms with Gasteiger partial charge in [-0.05, 0) is 25.0 Å². The summed E-state index contributed by atoms with van der Waals surface area (Å²) in [6.45, 7) is 1.27. The van der Waals surface area contributed by atoms with Gasteiger partial charge in [0.25, 0.3) is 0 Å². The minimum Gasteiger partial charge on any atom is -0.245 e. The fourth-order valence-electron chi connectivity index (χ4n) is 2.41. The zero-order chi connectivity index (χ0) is 14.0. The van der Waals surface area contributed by atoms with E-state index in [1.807, 2.05) is 17.5 Å². The van der Waals surface area contributed by atoms with Gasteiger partial charge in [0.2, 0.25) is 10.0 Å². The summed E-state index contributed by atoms with van der Waals surface area (Å²) < 4.78 is 26.6. The van der Waals surface area contributed by atoms with Crippen molar-refractivity contribution in [2.45, 2.75) is 24.2 Å². The monoisotopic (exact) mass is 308 g/mol. The number of benzene rings is 1. The van der Waals surface area contributed by atoms with Crippen LogP contribution in [0.25, 0.3) is 11.3 Å². The first kappa shape index (κ1) is 13.7. The van der Waals surface area contributed by atoms with Gasteiger partial charge in [0, 0.05) is 24.0 Å². The lowest BCUT2D eigenvalue weighted by Gasteiger charge is -2.25. The molecule has 0 unspecified atom stereocenters. The minimum atomic E-state index is -3.33. The molecule has 0 atom stereocenters. The van der Waals surface area contributed by atoms with Gasteiger partial charge < -0.3 is 0 Å². The normalized spacial score (nSPS) is 17.2. The smallest absolute Gasteiger partial charge is 0.243 e. The molecular weight excluding hydrogens is 292 g/mol. The van der Waals surface area contributed by atoms with Gasteiger partial charge in [0.1, 0.15) is 0 Å². The van der Waals surface area contributed by atoms with Crippen LogP contribution in [0.5, 0.6) is 0 Å². The van der Waals surface area contributed by atoms with Crippen LogP contribution in [0.3, 0.4) is 0 Å². The van der Waals surface area contributed by atoms with Gasteiger partial charge in [-0.2, -0.15) is 4.31 Å². The number of sulfonamides is 1. The summed E-state index contributed by atoms with van der Waals surface area (Å²) in [4.78, 5) is 4.60. The van der Waals surface area contributed by atoms with Crippen LogP contribution >= 0.6 is 11.3 Å². The lowest BCUT2D eigenvalue weighted by molar-refractivity contribution is 0.346. The van der Waals surface area contributed by atoms with Crippen molar-refractivity contribution in [3.63, 3.8) is 0 Å². The third-order valence-electron chi connectivity index (χ3n) is 3.54. The van der Waals surface area contributed by atoms with Crippen LogP contribution in [0.15, 0.2) is 40.1 Å². The molecule has 1 aromatic heterocycles. The van der Waals surface area contributed by atoms with E-state index in [0.717, 1.165) is 30.5 Å². The van der Waals surface area contributed by atoms with Crippen molar-refractivity contribution in [2.75, 3.05) is 13.1 Å². The van der Waals surface area contributed by atoms with Gasteiger partial charge in [-0.3, -0.25) is 0 Å². The molecule has 0 saturated carbocycles. The summed E-state index contributed by atoms with van der Waals surface area (Å²) in [5.74, 6) is 0. The van der Waals surface area contributed by atoms with Gasteiger partial charge in [-0.1, -0.05) is 18.6 Å². The molecule has 0 spiro atoms. The summed E-state index contributed by atoms with van der Waals surface area (Å²) in [6, 6.07) is 7.01. The van der Waals surface area contributed by atoms with Gasteiger partial charge >= 0.3 is 0 Å². The molecule has 2 aromatic rings. The van der Waals surface area contributed by atoms with Crippen LogP contribution in [0, 0.1) is 0 Å². The van der Waals surface area contributed by atoms with Crippen molar-refractivity contribution in [3.05, 3.63) is 35.2 Å². The van der Waals surface area contributed by atoms with Crippen molar-refractivity contribution in [3.8, 4) is 11.3 Å². The lowest BCUT2D eigenvalue weighted by Crippen LogP contribution is -2.35. The van der Waals surface area contributed by atoms with Gasteiger partial charge in [-0.25, -0.2) is 13.4 Å². The van der Waals surface area contributed by atoms with E-state index in [4.69, 9.17) is 0 Å². The highest BCUT2D eigenvalue weighted by Crippen LogP contribution is 2.24. The number of hydrogen-bond acceptors (Lipinski definition) is 4. The number of thiazole rings is 1. The molecule has 1 aromatic carbocycles. The lowest BCUT2D eigenvalue weighted by atomic mass is 10.2. The second kappa shape index (κ2) is 5.63. The van der Waals surface area contributed by atoms with E-state index >= 15 is 0 Å².